The van der Waals surface area contributed by atoms with Crippen LogP contribution in [-0.2, 0) is 24.7 Å². The normalized spacial score (nSPS) is 14.0. The second kappa shape index (κ2) is 6.66. The van der Waals surface area contributed by atoms with Gasteiger partial charge < -0.3 is 0 Å². The minimum Gasteiger partial charge on any atom is -0.207 e. The highest BCUT2D eigenvalue weighted by Crippen LogP contribution is 2.33. The number of halogens is 2. The van der Waals surface area contributed by atoms with Gasteiger partial charge in [0.25, 0.3) is 0 Å². The molecule has 2 heteroatoms. The summed E-state index contributed by atoms with van der Waals surface area (Å²) in [6, 6.07) is 9.33. The van der Waals surface area contributed by atoms with Crippen LogP contribution in [0.2, 0.25) is 0 Å². The highest BCUT2D eigenvalue weighted by molar-refractivity contribution is 5.39. The van der Waals surface area contributed by atoms with Gasteiger partial charge in [-0.1, -0.05) is 39.0 Å². The van der Waals surface area contributed by atoms with Crippen LogP contribution < -0.4 is 0 Å². The van der Waals surface area contributed by atoms with Crippen molar-refractivity contribution in [2.24, 2.45) is 0 Å². The Hall–Kier alpha value is -1.70. The number of aryl methyl sites for hydroxylation is 2. The van der Waals surface area contributed by atoms with Crippen molar-refractivity contribution in [1.29, 1.82) is 0 Å². The largest absolute Gasteiger partial charge is 0.207 e. The summed E-state index contributed by atoms with van der Waals surface area (Å²) < 4.78 is 29.3. The van der Waals surface area contributed by atoms with Gasteiger partial charge >= 0.3 is 0 Å². The van der Waals surface area contributed by atoms with Gasteiger partial charge in [-0.15, -0.1) is 0 Å². The van der Waals surface area contributed by atoms with E-state index in [1.807, 2.05) is 6.07 Å². The van der Waals surface area contributed by atoms with E-state index in [2.05, 4.69) is 32.9 Å². The molecule has 0 unspecified atom stereocenters. The van der Waals surface area contributed by atoms with Gasteiger partial charge in [0, 0.05) is 12.0 Å². The molecule has 0 saturated heterocycles. The van der Waals surface area contributed by atoms with Gasteiger partial charge in [-0.2, -0.15) is 0 Å². The molecule has 0 fully saturated rings. The van der Waals surface area contributed by atoms with Gasteiger partial charge in [0.05, 0.1) is 0 Å². The standard InChI is InChI=1S/C22H26F2/c1-4-22(3,5-2)18-13-20(23)19(21(24)14-18)12-15-9-10-16-7-6-8-17(16)11-15/h9-11,13-14H,4-8,12H2,1-3H3. The van der Waals surface area contributed by atoms with E-state index < -0.39 is 11.6 Å². The van der Waals surface area contributed by atoms with Gasteiger partial charge in [0.2, 0.25) is 0 Å². The van der Waals surface area contributed by atoms with E-state index in [4.69, 9.17) is 0 Å². The molecule has 2 aromatic carbocycles. The number of hydrogen-bond acceptors (Lipinski definition) is 0. The number of fused-ring (bicyclic) bond motifs is 1. The maximum Gasteiger partial charge on any atom is 0.129 e. The predicted octanol–water partition coefficient (Wildman–Crippen LogP) is 6.12. The number of benzene rings is 2. The molecule has 24 heavy (non-hydrogen) atoms. The first kappa shape index (κ1) is 17.1. The Morgan fingerprint density at radius 3 is 2.17 bits per heavy atom. The quantitative estimate of drug-likeness (QED) is 0.620. The van der Waals surface area contributed by atoms with Crippen molar-refractivity contribution in [3.63, 3.8) is 0 Å². The van der Waals surface area contributed by atoms with Crippen LogP contribution in [-0.4, -0.2) is 0 Å². The maximum absolute atomic E-state index is 14.6. The summed E-state index contributed by atoms with van der Waals surface area (Å²) in [5.74, 6) is -0.836. The second-order valence-corrected chi connectivity index (χ2v) is 7.32. The van der Waals surface area contributed by atoms with Gasteiger partial charge in [-0.3, -0.25) is 0 Å². The van der Waals surface area contributed by atoms with Crippen molar-refractivity contribution in [2.75, 3.05) is 0 Å². The van der Waals surface area contributed by atoms with E-state index in [-0.39, 0.29) is 11.0 Å². The Morgan fingerprint density at radius 2 is 1.54 bits per heavy atom. The fourth-order valence-electron chi connectivity index (χ4n) is 3.72. The number of rotatable bonds is 5. The molecule has 0 atom stereocenters. The van der Waals surface area contributed by atoms with Crippen LogP contribution in [0.4, 0.5) is 8.78 Å². The monoisotopic (exact) mass is 328 g/mol. The zero-order valence-electron chi connectivity index (χ0n) is 14.9. The van der Waals surface area contributed by atoms with Crippen molar-refractivity contribution >= 4 is 0 Å². The predicted molar refractivity (Wildman–Crippen MR) is 95.6 cm³/mol. The molecule has 0 saturated carbocycles. The molecule has 0 aliphatic heterocycles. The summed E-state index contributed by atoms with van der Waals surface area (Å²) >= 11 is 0. The van der Waals surface area contributed by atoms with E-state index in [0.717, 1.165) is 36.8 Å². The smallest absolute Gasteiger partial charge is 0.129 e. The Bertz CT molecular complexity index is 719. The lowest BCUT2D eigenvalue weighted by Gasteiger charge is -2.28. The molecule has 0 N–H and O–H groups in total. The first-order valence-corrected chi connectivity index (χ1v) is 9.06. The highest BCUT2D eigenvalue weighted by Gasteiger charge is 2.25. The van der Waals surface area contributed by atoms with E-state index in [9.17, 15) is 8.78 Å². The first-order chi connectivity index (χ1) is 11.5. The zero-order chi connectivity index (χ0) is 17.3. The SMILES string of the molecule is CCC(C)(CC)c1cc(F)c(Cc2ccc3c(c2)CCC3)c(F)c1. The summed E-state index contributed by atoms with van der Waals surface area (Å²) in [5, 5.41) is 0. The summed E-state index contributed by atoms with van der Waals surface area (Å²) in [5.41, 5.74) is 4.50. The van der Waals surface area contributed by atoms with E-state index in [0.29, 0.717) is 6.42 Å². The molecule has 128 valence electrons. The topological polar surface area (TPSA) is 0 Å². The van der Waals surface area contributed by atoms with Crippen molar-refractivity contribution in [2.45, 2.75) is 64.7 Å². The van der Waals surface area contributed by atoms with Crippen molar-refractivity contribution in [3.8, 4) is 0 Å². The third kappa shape index (κ3) is 3.11. The van der Waals surface area contributed by atoms with Crippen LogP contribution in [0.3, 0.4) is 0 Å². The molecule has 0 heterocycles. The average Bonchev–Trinajstić information content (AvgIpc) is 3.04. The summed E-state index contributed by atoms with van der Waals surface area (Å²) in [7, 11) is 0. The van der Waals surface area contributed by atoms with Gasteiger partial charge in [0.15, 0.2) is 0 Å². The second-order valence-electron chi connectivity index (χ2n) is 7.32. The van der Waals surface area contributed by atoms with Crippen molar-refractivity contribution < 1.29 is 8.78 Å². The van der Waals surface area contributed by atoms with E-state index in [1.54, 1.807) is 12.1 Å². The molecule has 2 aromatic rings. The van der Waals surface area contributed by atoms with Crippen molar-refractivity contribution in [1.82, 2.24) is 0 Å². The molecule has 0 amide bonds. The van der Waals surface area contributed by atoms with Crippen molar-refractivity contribution in [3.05, 3.63) is 69.8 Å². The lowest BCUT2D eigenvalue weighted by molar-refractivity contribution is 0.430. The summed E-state index contributed by atoms with van der Waals surface area (Å²) in [6.45, 7) is 6.21. The minimum absolute atomic E-state index is 0.173. The molecule has 0 bridgehead atoms. The van der Waals surface area contributed by atoms with Gasteiger partial charge in [-0.05, 0) is 71.9 Å². The lowest BCUT2D eigenvalue weighted by atomic mass is 9.77. The molecule has 0 radical (unpaired) electrons. The lowest BCUT2D eigenvalue weighted by Crippen LogP contribution is -2.20. The maximum atomic E-state index is 14.6. The fourth-order valence-corrected chi connectivity index (χ4v) is 3.72. The summed E-state index contributed by atoms with van der Waals surface area (Å²) in [4.78, 5) is 0. The van der Waals surface area contributed by atoms with Crippen LogP contribution in [0.1, 0.15) is 67.9 Å². The third-order valence-electron chi connectivity index (χ3n) is 5.94. The summed E-state index contributed by atoms with van der Waals surface area (Å²) in [6.07, 6.45) is 5.44. The fraction of sp³-hybridized carbons (Fsp3) is 0.455. The van der Waals surface area contributed by atoms with Crippen LogP contribution in [0.5, 0.6) is 0 Å². The van der Waals surface area contributed by atoms with Crippen LogP contribution in [0.15, 0.2) is 30.3 Å². The highest BCUT2D eigenvalue weighted by atomic mass is 19.1. The molecule has 0 spiro atoms. The van der Waals surface area contributed by atoms with Gasteiger partial charge in [0.1, 0.15) is 11.6 Å². The Balaban J connectivity index is 1.92. The molecule has 0 nitrogen and oxygen atoms in total. The molecular formula is C22H26F2. The first-order valence-electron chi connectivity index (χ1n) is 9.06. The molecule has 1 aliphatic carbocycles. The van der Waals surface area contributed by atoms with E-state index in [1.165, 1.54) is 17.5 Å². The molecule has 0 aromatic heterocycles. The Kier molecular flexibility index (Phi) is 4.76. The minimum atomic E-state index is -0.418. The average molecular weight is 328 g/mol. The molecule has 1 aliphatic rings. The molecule has 3 rings (SSSR count). The van der Waals surface area contributed by atoms with Crippen LogP contribution in [0.25, 0.3) is 0 Å². The van der Waals surface area contributed by atoms with Gasteiger partial charge in [-0.25, -0.2) is 8.78 Å². The van der Waals surface area contributed by atoms with E-state index >= 15 is 0 Å². The molecular weight excluding hydrogens is 302 g/mol. The van der Waals surface area contributed by atoms with Crippen LogP contribution >= 0.6 is 0 Å². The Morgan fingerprint density at radius 1 is 0.917 bits per heavy atom. The number of hydrogen-bond donors (Lipinski definition) is 0. The Labute approximate surface area is 143 Å². The zero-order valence-corrected chi connectivity index (χ0v) is 14.9. The third-order valence-corrected chi connectivity index (χ3v) is 5.94. The van der Waals surface area contributed by atoms with Crippen LogP contribution in [0, 0.1) is 11.6 Å².